The van der Waals surface area contributed by atoms with Crippen LogP contribution in [0, 0.1) is 5.92 Å². The van der Waals surface area contributed by atoms with E-state index in [0.29, 0.717) is 39.3 Å². The average Bonchev–Trinajstić information content (AvgIpc) is 2.38. The first-order valence-electron chi connectivity index (χ1n) is 6.31. The summed E-state index contributed by atoms with van der Waals surface area (Å²) in [6.07, 6.45) is 1.38. The van der Waals surface area contributed by atoms with Gasteiger partial charge in [-0.1, -0.05) is 0 Å². The van der Waals surface area contributed by atoms with Gasteiger partial charge in [-0.25, -0.2) is 0 Å². The van der Waals surface area contributed by atoms with E-state index in [1.165, 1.54) is 0 Å². The van der Waals surface area contributed by atoms with Crippen LogP contribution in [0.25, 0.3) is 0 Å². The summed E-state index contributed by atoms with van der Waals surface area (Å²) in [6.45, 7) is 4.30. The Morgan fingerprint density at radius 2 is 2.06 bits per heavy atom. The number of amides is 1. The molecule has 0 aliphatic carbocycles. The molecule has 0 radical (unpaired) electrons. The van der Waals surface area contributed by atoms with E-state index in [4.69, 9.17) is 14.6 Å². The van der Waals surface area contributed by atoms with Crippen LogP contribution < -0.4 is 0 Å². The summed E-state index contributed by atoms with van der Waals surface area (Å²) in [5.74, 6) is -1.41. The molecule has 0 aromatic rings. The lowest BCUT2D eigenvalue weighted by Gasteiger charge is -2.30. The Balaban J connectivity index is 2.22. The van der Waals surface area contributed by atoms with Crippen molar-refractivity contribution in [1.82, 2.24) is 4.90 Å². The molecule has 0 bridgehead atoms. The van der Waals surface area contributed by atoms with E-state index in [9.17, 15) is 9.59 Å². The number of likely N-dealkylation sites (tertiary alicyclic amines) is 1. The number of hydrogen-bond donors (Lipinski definition) is 1. The summed E-state index contributed by atoms with van der Waals surface area (Å²) in [6, 6.07) is 0. The highest BCUT2D eigenvalue weighted by Gasteiger charge is 2.27. The van der Waals surface area contributed by atoms with Crippen LogP contribution in [0.15, 0.2) is 0 Å². The molecule has 18 heavy (non-hydrogen) atoms. The maximum absolute atomic E-state index is 11.8. The predicted octanol–water partition coefficient (Wildman–Crippen LogP) is 0.363. The molecule has 1 aliphatic heterocycles. The van der Waals surface area contributed by atoms with Gasteiger partial charge in [-0.3, -0.25) is 9.59 Å². The maximum Gasteiger partial charge on any atom is 0.308 e. The van der Waals surface area contributed by atoms with Crippen LogP contribution in [0.4, 0.5) is 0 Å². The zero-order valence-electron chi connectivity index (χ0n) is 10.8. The molecule has 104 valence electrons. The van der Waals surface area contributed by atoms with Crippen LogP contribution in [-0.2, 0) is 19.1 Å². The highest BCUT2D eigenvalue weighted by molar-refractivity contribution is 5.79. The molecule has 0 saturated carbocycles. The van der Waals surface area contributed by atoms with Crippen molar-refractivity contribution in [3.8, 4) is 0 Å². The summed E-state index contributed by atoms with van der Waals surface area (Å²) in [7, 11) is 0. The minimum Gasteiger partial charge on any atom is -0.481 e. The third kappa shape index (κ3) is 5.01. The zero-order valence-corrected chi connectivity index (χ0v) is 10.8. The molecular formula is C12H21NO5. The van der Waals surface area contributed by atoms with Gasteiger partial charge in [-0.15, -0.1) is 0 Å². The van der Waals surface area contributed by atoms with E-state index in [1.54, 1.807) is 4.90 Å². The highest BCUT2D eigenvalue weighted by Crippen LogP contribution is 2.16. The molecule has 1 aliphatic rings. The van der Waals surface area contributed by atoms with Crippen molar-refractivity contribution in [2.45, 2.75) is 19.8 Å². The number of carbonyl (C=O) groups is 2. The molecule has 1 rings (SSSR count). The molecule has 6 nitrogen and oxygen atoms in total. The van der Waals surface area contributed by atoms with Crippen LogP contribution in [0.1, 0.15) is 19.8 Å². The Bertz CT molecular complexity index is 282. The Morgan fingerprint density at radius 1 is 1.33 bits per heavy atom. The van der Waals surface area contributed by atoms with Gasteiger partial charge in [0.15, 0.2) is 0 Å². The third-order valence-electron chi connectivity index (χ3n) is 2.93. The van der Waals surface area contributed by atoms with Gasteiger partial charge in [0.25, 0.3) is 0 Å². The number of aliphatic carboxylic acids is 1. The summed E-state index contributed by atoms with van der Waals surface area (Å²) >= 11 is 0. The molecule has 1 amide bonds. The summed E-state index contributed by atoms with van der Waals surface area (Å²) in [4.78, 5) is 24.2. The molecule has 0 spiro atoms. The quantitative estimate of drug-likeness (QED) is 0.668. The first kappa shape index (κ1) is 14.9. The molecule has 1 N–H and O–H groups in total. The van der Waals surface area contributed by atoms with E-state index in [1.807, 2.05) is 6.92 Å². The highest BCUT2D eigenvalue weighted by atomic mass is 16.5. The lowest BCUT2D eigenvalue weighted by Crippen LogP contribution is -2.43. The van der Waals surface area contributed by atoms with Gasteiger partial charge < -0.3 is 19.5 Å². The average molecular weight is 259 g/mol. The molecule has 1 saturated heterocycles. The van der Waals surface area contributed by atoms with Gasteiger partial charge in [-0.2, -0.15) is 0 Å². The number of ether oxygens (including phenoxy) is 2. The standard InChI is InChI=1S/C12H21NO5/c1-2-17-6-7-18-9-11(14)13-5-3-4-10(8-13)12(15)16/h10H,2-9H2,1H3,(H,15,16). The second kappa shape index (κ2) is 8.05. The van der Waals surface area contributed by atoms with Crippen molar-refractivity contribution in [2.75, 3.05) is 39.5 Å². The lowest BCUT2D eigenvalue weighted by molar-refractivity contribution is -0.147. The van der Waals surface area contributed by atoms with Gasteiger partial charge in [-0.05, 0) is 19.8 Å². The molecule has 1 unspecified atom stereocenters. The summed E-state index contributed by atoms with van der Waals surface area (Å²) in [5, 5.41) is 8.93. The largest absolute Gasteiger partial charge is 0.481 e. The van der Waals surface area contributed by atoms with E-state index < -0.39 is 11.9 Å². The first-order valence-corrected chi connectivity index (χ1v) is 6.31. The molecular weight excluding hydrogens is 238 g/mol. The molecule has 1 heterocycles. The van der Waals surface area contributed by atoms with E-state index in [-0.39, 0.29) is 12.5 Å². The molecule has 1 atom stereocenters. The topological polar surface area (TPSA) is 76.1 Å². The fourth-order valence-electron chi connectivity index (χ4n) is 1.92. The Kier molecular flexibility index (Phi) is 6.67. The zero-order chi connectivity index (χ0) is 13.4. The van der Waals surface area contributed by atoms with Crippen molar-refractivity contribution < 1.29 is 24.2 Å². The van der Waals surface area contributed by atoms with Crippen LogP contribution >= 0.6 is 0 Å². The maximum atomic E-state index is 11.8. The number of rotatable bonds is 7. The SMILES string of the molecule is CCOCCOCC(=O)N1CCCC(C(=O)O)C1. The first-order chi connectivity index (χ1) is 8.65. The number of hydrogen-bond acceptors (Lipinski definition) is 4. The minimum atomic E-state index is -0.829. The van der Waals surface area contributed by atoms with Gasteiger partial charge in [0.1, 0.15) is 6.61 Å². The lowest BCUT2D eigenvalue weighted by atomic mass is 9.98. The fraction of sp³-hybridized carbons (Fsp3) is 0.833. The number of carbonyl (C=O) groups excluding carboxylic acids is 1. The Morgan fingerprint density at radius 3 is 2.72 bits per heavy atom. The molecule has 0 aromatic heterocycles. The van der Waals surface area contributed by atoms with Crippen molar-refractivity contribution in [3.63, 3.8) is 0 Å². The van der Waals surface area contributed by atoms with E-state index in [2.05, 4.69) is 0 Å². The molecule has 6 heteroatoms. The van der Waals surface area contributed by atoms with Gasteiger partial charge in [0, 0.05) is 19.7 Å². The molecule has 0 aromatic carbocycles. The second-order valence-corrected chi connectivity index (χ2v) is 4.27. The fourth-order valence-corrected chi connectivity index (χ4v) is 1.92. The van der Waals surface area contributed by atoms with Crippen molar-refractivity contribution in [3.05, 3.63) is 0 Å². The van der Waals surface area contributed by atoms with Crippen LogP contribution in [0.5, 0.6) is 0 Å². The normalized spacial score (nSPS) is 19.8. The second-order valence-electron chi connectivity index (χ2n) is 4.27. The minimum absolute atomic E-state index is 0.000582. The van der Waals surface area contributed by atoms with Crippen molar-refractivity contribution in [2.24, 2.45) is 5.92 Å². The smallest absolute Gasteiger partial charge is 0.308 e. The number of carboxylic acids is 1. The van der Waals surface area contributed by atoms with Crippen LogP contribution in [0.2, 0.25) is 0 Å². The van der Waals surface area contributed by atoms with Gasteiger partial charge in [0.05, 0.1) is 19.1 Å². The summed E-state index contributed by atoms with van der Waals surface area (Å²) < 4.78 is 10.3. The number of nitrogens with zero attached hydrogens (tertiary/aromatic N) is 1. The van der Waals surface area contributed by atoms with E-state index in [0.717, 1.165) is 6.42 Å². The van der Waals surface area contributed by atoms with Crippen molar-refractivity contribution >= 4 is 11.9 Å². The predicted molar refractivity (Wildman–Crippen MR) is 64.3 cm³/mol. The van der Waals surface area contributed by atoms with Crippen LogP contribution in [-0.4, -0.2) is 61.4 Å². The van der Waals surface area contributed by atoms with E-state index >= 15 is 0 Å². The number of piperidine rings is 1. The Hall–Kier alpha value is -1.14. The molecule has 1 fully saturated rings. The third-order valence-corrected chi connectivity index (χ3v) is 2.93. The number of carboxylic acid groups (broad SMARTS) is 1. The van der Waals surface area contributed by atoms with Crippen molar-refractivity contribution in [1.29, 1.82) is 0 Å². The van der Waals surface area contributed by atoms with Gasteiger partial charge >= 0.3 is 5.97 Å². The summed E-state index contributed by atoms with van der Waals surface area (Å²) in [5.41, 5.74) is 0. The monoisotopic (exact) mass is 259 g/mol. The van der Waals surface area contributed by atoms with Gasteiger partial charge in [0.2, 0.25) is 5.91 Å². The van der Waals surface area contributed by atoms with Crippen LogP contribution in [0.3, 0.4) is 0 Å². The Labute approximate surface area is 107 Å².